The predicted octanol–water partition coefficient (Wildman–Crippen LogP) is 4.30. The van der Waals surface area contributed by atoms with Crippen molar-refractivity contribution in [1.82, 2.24) is 5.32 Å². The van der Waals surface area contributed by atoms with Crippen molar-refractivity contribution >= 4 is 15.9 Å². The van der Waals surface area contributed by atoms with Crippen molar-refractivity contribution in [2.24, 2.45) is 5.92 Å². The zero-order valence-corrected chi connectivity index (χ0v) is 13.5. The van der Waals surface area contributed by atoms with Crippen molar-refractivity contribution in [2.45, 2.75) is 32.7 Å². The summed E-state index contributed by atoms with van der Waals surface area (Å²) in [6, 6.07) is 5.35. The topological polar surface area (TPSA) is 21.3 Å². The Balaban J connectivity index is 2.91. The highest BCUT2D eigenvalue weighted by atomic mass is 79.9. The fourth-order valence-electron chi connectivity index (χ4n) is 2.15. The maximum Gasteiger partial charge on any atom is 0.137 e. The minimum Gasteiger partial charge on any atom is -0.385 e. The summed E-state index contributed by atoms with van der Waals surface area (Å²) >= 11 is 3.36. The van der Waals surface area contributed by atoms with Gasteiger partial charge in [-0.2, -0.15) is 0 Å². The van der Waals surface area contributed by atoms with Crippen molar-refractivity contribution in [3.63, 3.8) is 0 Å². The molecule has 2 unspecified atom stereocenters. The van der Waals surface area contributed by atoms with Gasteiger partial charge in [0.15, 0.2) is 0 Å². The minimum atomic E-state index is -0.209. The van der Waals surface area contributed by atoms with Crippen LogP contribution < -0.4 is 5.32 Å². The third-order valence-corrected chi connectivity index (χ3v) is 4.11. The lowest BCUT2D eigenvalue weighted by Gasteiger charge is -2.26. The lowest BCUT2D eigenvalue weighted by molar-refractivity contribution is 0.170. The average Bonchev–Trinajstić information content (AvgIpc) is 2.41. The normalized spacial score (nSPS) is 14.4. The van der Waals surface area contributed by atoms with Gasteiger partial charge in [0.25, 0.3) is 0 Å². The predicted molar refractivity (Wildman–Crippen MR) is 80.8 cm³/mol. The van der Waals surface area contributed by atoms with Gasteiger partial charge in [-0.25, -0.2) is 4.39 Å². The molecule has 0 amide bonds. The van der Waals surface area contributed by atoms with Gasteiger partial charge in [-0.05, 0) is 52.9 Å². The Morgan fingerprint density at radius 3 is 2.79 bits per heavy atom. The molecule has 1 aromatic carbocycles. The molecule has 0 radical (unpaired) electrons. The highest BCUT2D eigenvalue weighted by molar-refractivity contribution is 9.10. The van der Waals surface area contributed by atoms with Crippen LogP contribution in [0.2, 0.25) is 0 Å². The summed E-state index contributed by atoms with van der Waals surface area (Å²) in [5, 5.41) is 3.51. The van der Waals surface area contributed by atoms with Gasteiger partial charge in [-0.15, -0.1) is 0 Å². The Bertz CT molecular complexity index is 386. The van der Waals surface area contributed by atoms with Crippen LogP contribution in [0.3, 0.4) is 0 Å². The summed E-state index contributed by atoms with van der Waals surface area (Å²) in [5.41, 5.74) is 0.983. The van der Waals surface area contributed by atoms with E-state index in [2.05, 4.69) is 35.1 Å². The molecule has 0 fully saturated rings. The molecule has 1 aromatic rings. The van der Waals surface area contributed by atoms with E-state index in [9.17, 15) is 4.39 Å². The van der Waals surface area contributed by atoms with Gasteiger partial charge >= 0.3 is 0 Å². The van der Waals surface area contributed by atoms with Crippen molar-refractivity contribution in [3.8, 4) is 0 Å². The third kappa shape index (κ3) is 4.86. The number of benzene rings is 1. The fourth-order valence-corrected chi connectivity index (χ4v) is 2.66. The Labute approximate surface area is 123 Å². The van der Waals surface area contributed by atoms with Crippen LogP contribution in [0.4, 0.5) is 4.39 Å². The fraction of sp³-hybridized carbons (Fsp3) is 0.600. The molecular formula is C15H23BrFNO. The molecule has 0 aliphatic carbocycles. The van der Waals surface area contributed by atoms with Gasteiger partial charge in [0.1, 0.15) is 5.82 Å². The Morgan fingerprint density at radius 1 is 1.42 bits per heavy atom. The van der Waals surface area contributed by atoms with E-state index >= 15 is 0 Å². The smallest absolute Gasteiger partial charge is 0.137 e. The summed E-state index contributed by atoms with van der Waals surface area (Å²) < 4.78 is 19.4. The van der Waals surface area contributed by atoms with E-state index in [1.807, 2.05) is 6.07 Å². The first kappa shape index (κ1) is 16.6. The molecule has 108 valence electrons. The molecule has 1 N–H and O–H groups in total. The largest absolute Gasteiger partial charge is 0.385 e. The first-order chi connectivity index (χ1) is 9.11. The first-order valence-corrected chi connectivity index (χ1v) is 7.57. The first-order valence-electron chi connectivity index (χ1n) is 6.78. The zero-order valence-electron chi connectivity index (χ0n) is 11.9. The van der Waals surface area contributed by atoms with Gasteiger partial charge in [0, 0.05) is 19.8 Å². The molecule has 0 spiro atoms. The second-order valence-corrected chi connectivity index (χ2v) is 5.63. The van der Waals surface area contributed by atoms with Crippen molar-refractivity contribution in [1.29, 1.82) is 0 Å². The molecule has 0 saturated heterocycles. The molecule has 0 bridgehead atoms. The van der Waals surface area contributed by atoms with E-state index in [4.69, 9.17) is 4.74 Å². The van der Waals surface area contributed by atoms with Crippen molar-refractivity contribution in [2.75, 3.05) is 20.3 Å². The molecular weight excluding hydrogens is 309 g/mol. The molecule has 1 rings (SSSR count). The summed E-state index contributed by atoms with van der Waals surface area (Å²) in [6.45, 7) is 5.94. The van der Waals surface area contributed by atoms with E-state index in [1.165, 1.54) is 6.07 Å². The lowest BCUT2D eigenvalue weighted by atomic mass is 9.92. The van der Waals surface area contributed by atoms with Crippen LogP contribution >= 0.6 is 15.9 Å². The van der Waals surface area contributed by atoms with Gasteiger partial charge in [0.05, 0.1) is 4.47 Å². The number of methoxy groups -OCH3 is 1. The van der Waals surface area contributed by atoms with Crippen LogP contribution in [-0.2, 0) is 4.74 Å². The number of hydrogen-bond acceptors (Lipinski definition) is 2. The SMILES string of the molecule is CCCNC(c1cccc(F)c1Br)C(C)CCOC. The van der Waals surface area contributed by atoms with Crippen LogP contribution in [0.5, 0.6) is 0 Å². The average molecular weight is 332 g/mol. The summed E-state index contributed by atoms with van der Waals surface area (Å²) in [7, 11) is 1.71. The number of halogens is 2. The highest BCUT2D eigenvalue weighted by Gasteiger charge is 2.21. The monoisotopic (exact) mass is 331 g/mol. The zero-order chi connectivity index (χ0) is 14.3. The Kier molecular flexibility index (Phi) is 7.57. The Hall–Kier alpha value is -0.450. The van der Waals surface area contributed by atoms with Crippen LogP contribution in [0.25, 0.3) is 0 Å². The third-order valence-electron chi connectivity index (χ3n) is 3.28. The van der Waals surface area contributed by atoms with E-state index in [0.717, 1.165) is 31.6 Å². The van der Waals surface area contributed by atoms with Crippen molar-refractivity contribution in [3.05, 3.63) is 34.1 Å². The quantitative estimate of drug-likeness (QED) is 0.766. The number of rotatable bonds is 8. The van der Waals surface area contributed by atoms with E-state index in [0.29, 0.717) is 10.4 Å². The van der Waals surface area contributed by atoms with Crippen LogP contribution in [0, 0.1) is 11.7 Å². The Morgan fingerprint density at radius 2 is 2.16 bits per heavy atom. The molecule has 0 aliphatic heterocycles. The number of ether oxygens (including phenoxy) is 1. The summed E-state index contributed by atoms with van der Waals surface area (Å²) in [4.78, 5) is 0. The van der Waals surface area contributed by atoms with E-state index in [-0.39, 0.29) is 11.9 Å². The molecule has 4 heteroatoms. The van der Waals surface area contributed by atoms with E-state index in [1.54, 1.807) is 13.2 Å². The second kappa shape index (κ2) is 8.67. The van der Waals surface area contributed by atoms with E-state index < -0.39 is 0 Å². The van der Waals surface area contributed by atoms with Crippen LogP contribution in [-0.4, -0.2) is 20.3 Å². The molecule has 0 heterocycles. The lowest BCUT2D eigenvalue weighted by Crippen LogP contribution is -2.29. The number of nitrogens with one attached hydrogen (secondary N) is 1. The van der Waals surface area contributed by atoms with Gasteiger partial charge in [-0.3, -0.25) is 0 Å². The molecule has 0 aliphatic rings. The van der Waals surface area contributed by atoms with Gasteiger partial charge < -0.3 is 10.1 Å². The standard InChI is InChI=1S/C15H23BrFNO/c1-4-9-18-15(11(2)8-10-19-3)12-6-5-7-13(17)14(12)16/h5-7,11,15,18H,4,8-10H2,1-3H3. The molecule has 19 heavy (non-hydrogen) atoms. The maximum absolute atomic E-state index is 13.7. The molecule has 2 nitrogen and oxygen atoms in total. The highest BCUT2D eigenvalue weighted by Crippen LogP contribution is 2.31. The summed E-state index contributed by atoms with van der Waals surface area (Å²) in [6.07, 6.45) is 2.00. The number of hydrogen-bond donors (Lipinski definition) is 1. The molecule has 2 atom stereocenters. The van der Waals surface area contributed by atoms with Crippen LogP contribution in [0.1, 0.15) is 38.3 Å². The molecule has 0 saturated carbocycles. The van der Waals surface area contributed by atoms with Crippen LogP contribution in [0.15, 0.2) is 22.7 Å². The maximum atomic E-state index is 13.7. The molecule has 0 aromatic heterocycles. The minimum absolute atomic E-state index is 0.139. The second-order valence-electron chi connectivity index (χ2n) is 4.83. The van der Waals surface area contributed by atoms with Gasteiger partial charge in [0.2, 0.25) is 0 Å². The summed E-state index contributed by atoms with van der Waals surface area (Å²) in [5.74, 6) is 0.171. The van der Waals surface area contributed by atoms with Gasteiger partial charge in [-0.1, -0.05) is 26.0 Å². The van der Waals surface area contributed by atoms with Crippen molar-refractivity contribution < 1.29 is 9.13 Å².